The highest BCUT2D eigenvalue weighted by molar-refractivity contribution is 9.10. The Morgan fingerprint density at radius 3 is 2.00 bits per heavy atom. The van der Waals surface area contributed by atoms with Gasteiger partial charge in [-0.3, -0.25) is 0 Å². The molecule has 0 spiro atoms. The van der Waals surface area contributed by atoms with Crippen LogP contribution in [0.1, 0.15) is 5.56 Å². The Balaban J connectivity index is 1.98. The Morgan fingerprint density at radius 1 is 0.895 bits per heavy atom. The molecule has 0 aliphatic heterocycles. The summed E-state index contributed by atoms with van der Waals surface area (Å²) in [6.45, 7) is 8.00. The molecule has 3 heteroatoms. The van der Waals surface area contributed by atoms with Crippen LogP contribution in [0.5, 0.6) is 0 Å². The molecule has 0 saturated heterocycles. The minimum absolute atomic E-state index is 0.869. The topological polar surface area (TPSA) is 12.0 Å². The van der Waals surface area contributed by atoms with Gasteiger partial charge in [-0.1, -0.05) is 65.0 Å². The molecule has 1 nitrogen and oxygen atoms in total. The molecule has 2 aromatic rings. The number of anilines is 1. The number of hydrogen-bond acceptors (Lipinski definition) is 1. The summed E-state index contributed by atoms with van der Waals surface area (Å²) in [6, 6.07) is 17.3. The van der Waals surface area contributed by atoms with Crippen molar-refractivity contribution in [3.63, 3.8) is 0 Å². The van der Waals surface area contributed by atoms with E-state index >= 15 is 0 Å². The highest BCUT2D eigenvalue weighted by Gasteiger charge is 2.15. The summed E-state index contributed by atoms with van der Waals surface area (Å²) in [5.74, 6) is 0. The largest absolute Gasteiger partial charge is 0.381 e. The number of benzene rings is 2. The standard InChI is InChI=1S/C16H20BrNSi/c1-19(2,3)16-10-4-13(5-11-16)12-18-15-8-6-14(17)7-9-15/h4-11,18H,12H2,1-3H3. The van der Waals surface area contributed by atoms with Gasteiger partial charge in [0.1, 0.15) is 0 Å². The van der Waals surface area contributed by atoms with Gasteiger partial charge in [-0.2, -0.15) is 0 Å². The van der Waals surface area contributed by atoms with E-state index in [1.165, 1.54) is 10.8 Å². The second-order valence-corrected chi connectivity index (χ2v) is 11.8. The molecule has 0 aliphatic rings. The van der Waals surface area contributed by atoms with Gasteiger partial charge in [0, 0.05) is 16.7 Å². The first-order chi connectivity index (χ1) is 8.95. The van der Waals surface area contributed by atoms with E-state index in [4.69, 9.17) is 0 Å². The van der Waals surface area contributed by atoms with E-state index in [1.807, 2.05) is 0 Å². The molecule has 2 aromatic carbocycles. The first kappa shape index (κ1) is 14.3. The summed E-state index contributed by atoms with van der Waals surface area (Å²) >= 11 is 3.44. The quantitative estimate of drug-likeness (QED) is 0.806. The number of hydrogen-bond donors (Lipinski definition) is 1. The maximum absolute atomic E-state index is 3.44. The average molecular weight is 334 g/mol. The van der Waals surface area contributed by atoms with Crippen molar-refractivity contribution in [3.05, 3.63) is 58.6 Å². The van der Waals surface area contributed by atoms with Crippen molar-refractivity contribution in [1.82, 2.24) is 0 Å². The third kappa shape index (κ3) is 4.22. The summed E-state index contributed by atoms with van der Waals surface area (Å²) in [6.07, 6.45) is 0. The highest BCUT2D eigenvalue weighted by atomic mass is 79.9. The summed E-state index contributed by atoms with van der Waals surface area (Å²) in [5, 5.41) is 4.95. The van der Waals surface area contributed by atoms with Crippen molar-refractivity contribution in [2.45, 2.75) is 26.2 Å². The molecule has 0 aromatic heterocycles. The maximum atomic E-state index is 3.44. The molecule has 100 valence electrons. The van der Waals surface area contributed by atoms with Crippen LogP contribution < -0.4 is 10.5 Å². The van der Waals surface area contributed by atoms with E-state index in [-0.39, 0.29) is 0 Å². The van der Waals surface area contributed by atoms with Gasteiger partial charge in [0.25, 0.3) is 0 Å². The lowest BCUT2D eigenvalue weighted by Gasteiger charge is -2.17. The van der Waals surface area contributed by atoms with E-state index in [0.29, 0.717) is 0 Å². The summed E-state index contributed by atoms with van der Waals surface area (Å²) in [7, 11) is -1.18. The molecule has 2 rings (SSSR count). The molecule has 0 bridgehead atoms. The third-order valence-corrected chi connectivity index (χ3v) is 5.75. The Kier molecular flexibility index (Phi) is 4.48. The molecule has 0 unspecified atom stereocenters. The van der Waals surface area contributed by atoms with Gasteiger partial charge in [-0.05, 0) is 29.8 Å². The van der Waals surface area contributed by atoms with Crippen molar-refractivity contribution in [3.8, 4) is 0 Å². The van der Waals surface area contributed by atoms with Gasteiger partial charge in [0.05, 0.1) is 8.07 Å². The molecule has 19 heavy (non-hydrogen) atoms. The fraction of sp³-hybridized carbons (Fsp3) is 0.250. The van der Waals surface area contributed by atoms with Gasteiger partial charge in [0.15, 0.2) is 0 Å². The summed E-state index contributed by atoms with van der Waals surface area (Å²) in [5.41, 5.74) is 2.47. The van der Waals surface area contributed by atoms with E-state index in [2.05, 4.69) is 89.4 Å². The molecule has 0 saturated carbocycles. The molecule has 0 amide bonds. The van der Waals surface area contributed by atoms with E-state index < -0.39 is 8.07 Å². The second-order valence-electron chi connectivity index (χ2n) is 5.81. The van der Waals surface area contributed by atoms with E-state index in [1.54, 1.807) is 0 Å². The van der Waals surface area contributed by atoms with E-state index in [9.17, 15) is 0 Å². The third-order valence-electron chi connectivity index (χ3n) is 3.16. The van der Waals surface area contributed by atoms with Gasteiger partial charge < -0.3 is 5.32 Å². The molecule has 0 heterocycles. The van der Waals surface area contributed by atoms with Crippen molar-refractivity contribution in [1.29, 1.82) is 0 Å². The van der Waals surface area contributed by atoms with Crippen molar-refractivity contribution < 1.29 is 0 Å². The monoisotopic (exact) mass is 333 g/mol. The zero-order valence-electron chi connectivity index (χ0n) is 11.7. The van der Waals surface area contributed by atoms with Gasteiger partial charge in [0.2, 0.25) is 0 Å². The predicted molar refractivity (Wildman–Crippen MR) is 90.9 cm³/mol. The molecule has 0 fully saturated rings. The average Bonchev–Trinajstić information content (AvgIpc) is 2.37. The Labute approximate surface area is 125 Å². The van der Waals surface area contributed by atoms with Crippen LogP contribution in [0.2, 0.25) is 19.6 Å². The van der Waals surface area contributed by atoms with Crippen LogP contribution in [-0.4, -0.2) is 8.07 Å². The fourth-order valence-electron chi connectivity index (χ4n) is 1.89. The van der Waals surface area contributed by atoms with Gasteiger partial charge in [-0.25, -0.2) is 0 Å². The molecule has 0 atom stereocenters. The zero-order valence-corrected chi connectivity index (χ0v) is 14.3. The lowest BCUT2D eigenvalue weighted by Crippen LogP contribution is -2.37. The minimum atomic E-state index is -1.18. The highest BCUT2D eigenvalue weighted by Crippen LogP contribution is 2.15. The summed E-state index contributed by atoms with van der Waals surface area (Å²) < 4.78 is 1.11. The SMILES string of the molecule is C[Si](C)(C)c1ccc(CNc2ccc(Br)cc2)cc1. The lowest BCUT2D eigenvalue weighted by atomic mass is 10.2. The minimum Gasteiger partial charge on any atom is -0.381 e. The van der Waals surface area contributed by atoms with Gasteiger partial charge >= 0.3 is 0 Å². The van der Waals surface area contributed by atoms with Crippen LogP contribution in [0.25, 0.3) is 0 Å². The molecular weight excluding hydrogens is 314 g/mol. The smallest absolute Gasteiger partial charge is 0.0775 e. The van der Waals surface area contributed by atoms with Crippen molar-refractivity contribution in [2.75, 3.05) is 5.32 Å². The first-order valence-electron chi connectivity index (χ1n) is 6.54. The second kappa shape index (κ2) is 5.93. The van der Waals surface area contributed by atoms with Crippen LogP contribution in [0.4, 0.5) is 5.69 Å². The molecule has 1 N–H and O–H groups in total. The van der Waals surface area contributed by atoms with Gasteiger partial charge in [-0.15, -0.1) is 0 Å². The lowest BCUT2D eigenvalue weighted by molar-refractivity contribution is 1.15. The molecule has 0 aliphatic carbocycles. The van der Waals surface area contributed by atoms with Crippen LogP contribution in [0.15, 0.2) is 53.0 Å². The Bertz CT molecular complexity index is 526. The predicted octanol–water partition coefficient (Wildman–Crippen LogP) is 4.61. The van der Waals surface area contributed by atoms with Crippen molar-refractivity contribution in [2.24, 2.45) is 0 Å². The zero-order chi connectivity index (χ0) is 13.9. The maximum Gasteiger partial charge on any atom is 0.0775 e. The fourth-order valence-corrected chi connectivity index (χ4v) is 3.33. The van der Waals surface area contributed by atoms with Crippen LogP contribution in [0, 0.1) is 0 Å². The molecule has 0 radical (unpaired) electrons. The normalized spacial score (nSPS) is 11.4. The summed E-state index contributed by atoms with van der Waals surface area (Å²) in [4.78, 5) is 0. The first-order valence-corrected chi connectivity index (χ1v) is 10.8. The van der Waals surface area contributed by atoms with Crippen LogP contribution >= 0.6 is 15.9 Å². The van der Waals surface area contributed by atoms with Crippen LogP contribution in [0.3, 0.4) is 0 Å². The number of halogens is 1. The van der Waals surface area contributed by atoms with E-state index in [0.717, 1.165) is 16.7 Å². The van der Waals surface area contributed by atoms with Crippen molar-refractivity contribution >= 4 is 34.9 Å². The Hall–Kier alpha value is -1.06. The molecular formula is C16H20BrNSi. The Morgan fingerprint density at radius 2 is 1.47 bits per heavy atom. The number of rotatable bonds is 4. The number of nitrogens with one attached hydrogen (secondary N) is 1. The van der Waals surface area contributed by atoms with Crippen LogP contribution in [-0.2, 0) is 6.54 Å².